The minimum absolute atomic E-state index is 0.161. The van der Waals surface area contributed by atoms with Crippen LogP contribution in [0.15, 0.2) is 24.3 Å². The average molecular weight is 381 g/mol. The number of nitrogens with one attached hydrogen (secondary N) is 1. The molecule has 1 aliphatic rings. The Morgan fingerprint density at radius 1 is 1.33 bits per heavy atom. The van der Waals surface area contributed by atoms with Gasteiger partial charge in [-0.15, -0.1) is 0 Å². The fraction of sp³-hybridized carbons (Fsp3) is 0.579. The van der Waals surface area contributed by atoms with Crippen LogP contribution in [0.2, 0.25) is 0 Å². The number of rotatable bonds is 9. The van der Waals surface area contributed by atoms with Crippen LogP contribution in [0.4, 0.5) is 4.79 Å². The van der Waals surface area contributed by atoms with Crippen molar-refractivity contribution in [1.82, 2.24) is 5.32 Å². The number of benzene rings is 1. The zero-order valence-corrected chi connectivity index (χ0v) is 15.9. The average Bonchev–Trinajstić information content (AvgIpc) is 2.97. The molecule has 8 heteroatoms. The molecule has 1 aromatic rings. The number of carboxylic acid groups (broad SMARTS) is 1. The van der Waals surface area contributed by atoms with Gasteiger partial charge in [0, 0.05) is 0 Å². The van der Waals surface area contributed by atoms with E-state index in [0.29, 0.717) is 24.5 Å². The highest BCUT2D eigenvalue weighted by atomic mass is 16.7. The molecule has 1 amide bonds. The molecule has 0 aliphatic carbocycles. The molecule has 2 rings (SSSR count). The first-order valence-electron chi connectivity index (χ1n) is 9.01. The van der Waals surface area contributed by atoms with Gasteiger partial charge in [-0.25, -0.2) is 9.59 Å². The zero-order valence-electron chi connectivity index (χ0n) is 15.9. The maximum atomic E-state index is 11.7. The van der Waals surface area contributed by atoms with Crippen LogP contribution < -0.4 is 10.1 Å². The zero-order chi connectivity index (χ0) is 19.9. The summed E-state index contributed by atoms with van der Waals surface area (Å²) < 4.78 is 21.7. The van der Waals surface area contributed by atoms with E-state index in [1.54, 1.807) is 24.3 Å². The molecule has 8 nitrogen and oxygen atoms in total. The summed E-state index contributed by atoms with van der Waals surface area (Å²) in [6.07, 6.45) is 0.694. The Morgan fingerprint density at radius 3 is 2.59 bits per heavy atom. The molecule has 1 aromatic carbocycles. The molecule has 1 fully saturated rings. The van der Waals surface area contributed by atoms with Crippen LogP contribution in [0.3, 0.4) is 0 Å². The first-order chi connectivity index (χ1) is 12.8. The van der Waals surface area contributed by atoms with Gasteiger partial charge >= 0.3 is 12.1 Å². The molecule has 27 heavy (non-hydrogen) atoms. The van der Waals surface area contributed by atoms with E-state index in [1.165, 1.54) is 0 Å². The van der Waals surface area contributed by atoms with Gasteiger partial charge in [0.25, 0.3) is 0 Å². The Bertz CT molecular complexity index is 629. The fourth-order valence-corrected chi connectivity index (χ4v) is 2.55. The van der Waals surface area contributed by atoms with Crippen LogP contribution in [0, 0.1) is 0 Å². The molecule has 2 atom stereocenters. The number of carbonyl (C=O) groups excluding carboxylic acids is 1. The van der Waals surface area contributed by atoms with Gasteiger partial charge in [-0.3, -0.25) is 0 Å². The fourth-order valence-electron chi connectivity index (χ4n) is 2.55. The van der Waals surface area contributed by atoms with E-state index in [9.17, 15) is 14.7 Å². The topological polar surface area (TPSA) is 103 Å². The van der Waals surface area contributed by atoms with Crippen molar-refractivity contribution in [3.05, 3.63) is 29.8 Å². The summed E-state index contributed by atoms with van der Waals surface area (Å²) in [6, 6.07) is 5.29. The molecular weight excluding hydrogens is 354 g/mol. The van der Waals surface area contributed by atoms with E-state index in [1.807, 2.05) is 20.8 Å². The van der Waals surface area contributed by atoms with Gasteiger partial charge in [-0.2, -0.15) is 0 Å². The molecule has 0 saturated carbocycles. The lowest BCUT2D eigenvalue weighted by Crippen LogP contribution is -2.34. The van der Waals surface area contributed by atoms with Crippen LogP contribution in [0.25, 0.3) is 0 Å². The summed E-state index contributed by atoms with van der Waals surface area (Å²) in [7, 11) is 0. The van der Waals surface area contributed by atoms with Crippen LogP contribution in [-0.4, -0.2) is 48.9 Å². The van der Waals surface area contributed by atoms with E-state index in [2.05, 4.69) is 5.32 Å². The standard InChI is InChI=1S/C19H27NO7/c1-4-5-10-24-18(23)20-16(17(21)22)13-6-8-14(9-7-13)25-11-15-12-26-19(2,3)27-15/h6-9,15-16H,4-5,10-12H2,1-3H3,(H,20,23)(H,21,22)/t15-,16?/m0/s1. The molecule has 0 radical (unpaired) electrons. The molecule has 1 saturated heterocycles. The third-order valence-electron chi connectivity index (χ3n) is 3.96. The highest BCUT2D eigenvalue weighted by Crippen LogP contribution is 2.24. The number of ether oxygens (including phenoxy) is 4. The molecule has 2 N–H and O–H groups in total. The number of carbonyl (C=O) groups is 2. The van der Waals surface area contributed by atoms with E-state index >= 15 is 0 Å². The van der Waals surface area contributed by atoms with Crippen molar-refractivity contribution in [1.29, 1.82) is 0 Å². The summed E-state index contributed by atoms with van der Waals surface area (Å²) in [4.78, 5) is 23.2. The van der Waals surface area contributed by atoms with Gasteiger partial charge < -0.3 is 29.4 Å². The molecule has 0 spiro atoms. The Kier molecular flexibility index (Phi) is 7.44. The van der Waals surface area contributed by atoms with Crippen molar-refractivity contribution in [2.45, 2.75) is 51.5 Å². The second-order valence-corrected chi connectivity index (χ2v) is 6.74. The third-order valence-corrected chi connectivity index (χ3v) is 3.96. The summed E-state index contributed by atoms with van der Waals surface area (Å²) in [5.74, 6) is -1.21. The van der Waals surface area contributed by atoms with Gasteiger partial charge in [0.05, 0.1) is 13.2 Å². The Morgan fingerprint density at radius 2 is 2.04 bits per heavy atom. The Balaban J connectivity index is 1.88. The quantitative estimate of drug-likeness (QED) is 0.634. The Labute approximate surface area is 158 Å². The smallest absolute Gasteiger partial charge is 0.408 e. The van der Waals surface area contributed by atoms with Crippen LogP contribution in [0.1, 0.15) is 45.2 Å². The first kappa shape index (κ1) is 21.0. The molecule has 150 valence electrons. The van der Waals surface area contributed by atoms with Crippen molar-refractivity contribution in [2.75, 3.05) is 19.8 Å². The predicted molar refractivity (Wildman–Crippen MR) is 96.6 cm³/mol. The highest BCUT2D eigenvalue weighted by molar-refractivity contribution is 5.81. The molecule has 1 unspecified atom stereocenters. The number of aliphatic carboxylic acids is 1. The number of alkyl carbamates (subject to hydrolysis) is 1. The van der Waals surface area contributed by atoms with Crippen LogP contribution >= 0.6 is 0 Å². The minimum Gasteiger partial charge on any atom is -0.491 e. The molecule has 1 heterocycles. The van der Waals surface area contributed by atoms with Crippen LogP contribution in [0.5, 0.6) is 5.75 Å². The number of hydrogen-bond acceptors (Lipinski definition) is 6. The number of unbranched alkanes of at least 4 members (excludes halogenated alkanes) is 1. The molecule has 0 aromatic heterocycles. The lowest BCUT2D eigenvalue weighted by molar-refractivity contribution is -0.141. The maximum absolute atomic E-state index is 11.7. The summed E-state index contributed by atoms with van der Waals surface area (Å²) in [5.41, 5.74) is 0.420. The second-order valence-electron chi connectivity index (χ2n) is 6.74. The van der Waals surface area contributed by atoms with E-state index < -0.39 is 23.9 Å². The summed E-state index contributed by atoms with van der Waals surface area (Å²) >= 11 is 0. The van der Waals surface area contributed by atoms with Crippen molar-refractivity contribution in [2.24, 2.45) is 0 Å². The first-order valence-corrected chi connectivity index (χ1v) is 9.01. The predicted octanol–water partition coefficient (Wildman–Crippen LogP) is 2.87. The van der Waals surface area contributed by atoms with Gasteiger partial charge in [0.15, 0.2) is 11.8 Å². The van der Waals surface area contributed by atoms with E-state index in [-0.39, 0.29) is 12.7 Å². The third kappa shape index (κ3) is 6.73. The van der Waals surface area contributed by atoms with Gasteiger partial charge in [0.2, 0.25) is 0 Å². The monoisotopic (exact) mass is 381 g/mol. The Hall–Kier alpha value is -2.32. The normalized spacial score (nSPS) is 19.3. The second kappa shape index (κ2) is 9.57. The largest absolute Gasteiger partial charge is 0.491 e. The number of hydrogen-bond donors (Lipinski definition) is 2. The number of carboxylic acids is 1. The maximum Gasteiger partial charge on any atom is 0.408 e. The van der Waals surface area contributed by atoms with Gasteiger partial charge in [-0.1, -0.05) is 25.5 Å². The molecule has 1 aliphatic heterocycles. The SMILES string of the molecule is CCCCOC(=O)NC(C(=O)O)c1ccc(OC[C@H]2COC(C)(C)O2)cc1. The molecular formula is C19H27NO7. The molecule has 0 bridgehead atoms. The summed E-state index contributed by atoms with van der Waals surface area (Å²) in [6.45, 7) is 6.69. The minimum atomic E-state index is -1.19. The van der Waals surface area contributed by atoms with Crippen molar-refractivity contribution in [3.8, 4) is 5.75 Å². The van der Waals surface area contributed by atoms with Crippen molar-refractivity contribution >= 4 is 12.1 Å². The van der Waals surface area contributed by atoms with E-state index in [0.717, 1.165) is 12.8 Å². The van der Waals surface area contributed by atoms with Gasteiger partial charge in [0.1, 0.15) is 18.5 Å². The van der Waals surface area contributed by atoms with Gasteiger partial charge in [-0.05, 0) is 38.0 Å². The lowest BCUT2D eigenvalue weighted by Gasteiger charge is -2.18. The highest BCUT2D eigenvalue weighted by Gasteiger charge is 2.33. The van der Waals surface area contributed by atoms with E-state index in [4.69, 9.17) is 18.9 Å². The van der Waals surface area contributed by atoms with Crippen LogP contribution in [-0.2, 0) is 19.0 Å². The van der Waals surface area contributed by atoms with Crippen molar-refractivity contribution in [3.63, 3.8) is 0 Å². The number of amides is 1. The summed E-state index contributed by atoms with van der Waals surface area (Å²) in [5, 5.41) is 11.7. The van der Waals surface area contributed by atoms with Crippen molar-refractivity contribution < 1.29 is 33.6 Å². The lowest BCUT2D eigenvalue weighted by atomic mass is 10.1.